The van der Waals surface area contributed by atoms with Gasteiger partial charge in [0.1, 0.15) is 0 Å². The summed E-state index contributed by atoms with van der Waals surface area (Å²) < 4.78 is 1.12. The zero-order valence-corrected chi connectivity index (χ0v) is 11.7. The highest BCUT2D eigenvalue weighted by Gasteiger charge is 2.24. The maximum absolute atomic E-state index is 4.35. The van der Waals surface area contributed by atoms with E-state index in [1.54, 1.807) is 0 Å². The monoisotopic (exact) mass is 286 g/mol. The quantitative estimate of drug-likeness (QED) is 0.904. The molecule has 5 heteroatoms. The van der Waals surface area contributed by atoms with Gasteiger partial charge in [-0.25, -0.2) is 0 Å². The molecule has 1 aromatic rings. The minimum absolute atomic E-state index is 0.578. The van der Waals surface area contributed by atoms with E-state index in [1.807, 2.05) is 19.0 Å². The predicted molar refractivity (Wildman–Crippen MR) is 70.1 cm³/mol. The Morgan fingerprint density at radius 1 is 1.50 bits per heavy atom. The number of aromatic nitrogens is 2. The number of aromatic amines is 1. The summed E-state index contributed by atoms with van der Waals surface area (Å²) in [6.45, 7) is 2.33. The fourth-order valence-corrected chi connectivity index (χ4v) is 3.16. The van der Waals surface area contributed by atoms with Gasteiger partial charge in [0.2, 0.25) is 0 Å². The van der Waals surface area contributed by atoms with Crippen LogP contribution < -0.4 is 4.90 Å². The molecule has 1 saturated heterocycles. The van der Waals surface area contributed by atoms with Gasteiger partial charge < -0.3 is 9.80 Å². The molecule has 0 bridgehead atoms. The molecule has 1 aliphatic rings. The van der Waals surface area contributed by atoms with Crippen LogP contribution in [0.3, 0.4) is 0 Å². The summed E-state index contributed by atoms with van der Waals surface area (Å²) in [5.41, 5.74) is 1.25. The van der Waals surface area contributed by atoms with Gasteiger partial charge in [-0.1, -0.05) is 0 Å². The van der Waals surface area contributed by atoms with E-state index in [4.69, 9.17) is 0 Å². The summed E-state index contributed by atoms with van der Waals surface area (Å²) >= 11 is 3.65. The van der Waals surface area contributed by atoms with Crippen LogP contribution in [-0.2, 0) is 0 Å². The van der Waals surface area contributed by atoms with Gasteiger partial charge in [0, 0.05) is 26.6 Å². The Hall–Kier alpha value is -0.550. The van der Waals surface area contributed by atoms with E-state index < -0.39 is 0 Å². The summed E-state index contributed by atoms with van der Waals surface area (Å²) in [6.07, 6.45) is 2.52. The number of likely N-dealkylation sites (N-methyl/N-ethyl adjacent to an activating group) is 1. The van der Waals surface area contributed by atoms with Crippen molar-refractivity contribution in [2.75, 3.05) is 39.1 Å². The van der Waals surface area contributed by atoms with Crippen molar-refractivity contribution in [1.82, 2.24) is 15.1 Å². The van der Waals surface area contributed by atoms with E-state index in [9.17, 15) is 0 Å². The molecule has 0 amide bonds. The molecule has 16 heavy (non-hydrogen) atoms. The predicted octanol–water partition coefficient (Wildman–Crippen LogP) is 2.05. The number of hydrogen-bond acceptors (Lipinski definition) is 3. The van der Waals surface area contributed by atoms with Crippen LogP contribution in [0.4, 0.5) is 5.82 Å². The van der Waals surface area contributed by atoms with Crippen LogP contribution in [0, 0.1) is 0 Å². The third-order valence-corrected chi connectivity index (χ3v) is 3.95. The van der Waals surface area contributed by atoms with Gasteiger partial charge in [-0.3, -0.25) is 5.10 Å². The van der Waals surface area contributed by atoms with Crippen molar-refractivity contribution < 1.29 is 0 Å². The second-order valence-electron chi connectivity index (χ2n) is 4.77. The first-order valence-corrected chi connectivity index (χ1v) is 6.48. The second kappa shape index (κ2) is 4.75. The lowest BCUT2D eigenvalue weighted by atomic mass is 9.95. The minimum Gasteiger partial charge on any atom is -0.360 e. The van der Waals surface area contributed by atoms with Crippen molar-refractivity contribution in [2.45, 2.75) is 18.8 Å². The first-order chi connectivity index (χ1) is 7.59. The van der Waals surface area contributed by atoms with Crippen LogP contribution in [0.1, 0.15) is 24.5 Å². The van der Waals surface area contributed by atoms with Gasteiger partial charge in [-0.05, 0) is 42.4 Å². The Balaban J connectivity index is 2.20. The molecule has 1 atom stereocenters. The molecular weight excluding hydrogens is 268 g/mol. The van der Waals surface area contributed by atoms with E-state index in [0.29, 0.717) is 5.92 Å². The average molecular weight is 287 g/mol. The normalized spacial score (nSPS) is 22.4. The molecule has 1 unspecified atom stereocenters. The highest BCUT2D eigenvalue weighted by atomic mass is 79.9. The van der Waals surface area contributed by atoms with Crippen LogP contribution in [0.25, 0.3) is 0 Å². The number of halogens is 1. The second-order valence-corrected chi connectivity index (χ2v) is 5.56. The molecule has 90 valence electrons. The number of likely N-dealkylation sites (tertiary alicyclic amines) is 1. The number of anilines is 1. The topological polar surface area (TPSA) is 35.2 Å². The number of nitrogens with zero attached hydrogens (tertiary/aromatic N) is 3. The van der Waals surface area contributed by atoms with Crippen LogP contribution in [0.2, 0.25) is 0 Å². The molecule has 0 aliphatic carbocycles. The van der Waals surface area contributed by atoms with E-state index in [2.05, 4.69) is 38.1 Å². The average Bonchev–Trinajstić information content (AvgIpc) is 2.60. The number of hydrogen-bond donors (Lipinski definition) is 1. The molecule has 0 aromatic carbocycles. The highest BCUT2D eigenvalue weighted by molar-refractivity contribution is 9.10. The number of rotatable bonds is 2. The molecule has 0 spiro atoms. The Labute approximate surface area is 105 Å². The van der Waals surface area contributed by atoms with Crippen molar-refractivity contribution in [2.24, 2.45) is 0 Å². The lowest BCUT2D eigenvalue weighted by Gasteiger charge is -2.29. The van der Waals surface area contributed by atoms with E-state index >= 15 is 0 Å². The summed E-state index contributed by atoms with van der Waals surface area (Å²) in [7, 11) is 6.21. The van der Waals surface area contributed by atoms with Crippen LogP contribution >= 0.6 is 15.9 Å². The Bertz CT molecular complexity index is 361. The standard InChI is InChI=1S/C11H19BrN4/c1-15(2)11-9(12)10(13-14-11)8-5-4-6-16(3)7-8/h8H,4-7H2,1-3H3,(H,13,14). The van der Waals surface area contributed by atoms with Gasteiger partial charge in [0.05, 0.1) is 10.2 Å². The Morgan fingerprint density at radius 3 is 2.81 bits per heavy atom. The first kappa shape index (κ1) is 11.9. The van der Waals surface area contributed by atoms with E-state index in [-0.39, 0.29) is 0 Å². The Kier molecular flexibility index (Phi) is 3.54. The summed E-state index contributed by atoms with van der Waals surface area (Å²) in [4.78, 5) is 4.41. The number of piperidine rings is 1. The zero-order valence-electron chi connectivity index (χ0n) is 10.1. The van der Waals surface area contributed by atoms with Crippen LogP contribution in [0.15, 0.2) is 4.47 Å². The summed E-state index contributed by atoms with van der Waals surface area (Å²) in [5.74, 6) is 1.57. The van der Waals surface area contributed by atoms with Gasteiger partial charge in [0.25, 0.3) is 0 Å². The fourth-order valence-electron chi connectivity index (χ4n) is 2.30. The van der Waals surface area contributed by atoms with Gasteiger partial charge in [-0.2, -0.15) is 5.10 Å². The van der Waals surface area contributed by atoms with Crippen molar-refractivity contribution in [3.05, 3.63) is 10.2 Å². The zero-order chi connectivity index (χ0) is 11.7. The van der Waals surface area contributed by atoms with E-state index in [1.165, 1.54) is 25.1 Å². The number of H-pyrrole nitrogens is 1. The first-order valence-electron chi connectivity index (χ1n) is 5.69. The molecule has 1 N–H and O–H groups in total. The Morgan fingerprint density at radius 2 is 2.25 bits per heavy atom. The molecule has 0 saturated carbocycles. The largest absolute Gasteiger partial charge is 0.360 e. The molecule has 1 fully saturated rings. The smallest absolute Gasteiger partial charge is 0.164 e. The summed E-state index contributed by atoms with van der Waals surface area (Å²) in [6, 6.07) is 0. The van der Waals surface area contributed by atoms with E-state index in [0.717, 1.165) is 16.8 Å². The maximum atomic E-state index is 4.35. The molecule has 0 radical (unpaired) electrons. The van der Waals surface area contributed by atoms with Crippen molar-refractivity contribution in [3.63, 3.8) is 0 Å². The van der Waals surface area contributed by atoms with Gasteiger partial charge >= 0.3 is 0 Å². The third kappa shape index (κ3) is 2.25. The molecule has 1 aromatic heterocycles. The molecule has 2 rings (SSSR count). The molecule has 4 nitrogen and oxygen atoms in total. The highest BCUT2D eigenvalue weighted by Crippen LogP contribution is 2.34. The third-order valence-electron chi connectivity index (χ3n) is 3.17. The van der Waals surface area contributed by atoms with Crippen LogP contribution in [0.5, 0.6) is 0 Å². The maximum Gasteiger partial charge on any atom is 0.164 e. The molecular formula is C11H19BrN4. The van der Waals surface area contributed by atoms with Crippen LogP contribution in [-0.4, -0.2) is 49.3 Å². The SMILES string of the molecule is CN1CCCC(c2[nH]nc(N(C)C)c2Br)C1. The summed E-state index contributed by atoms with van der Waals surface area (Å²) in [5, 5.41) is 7.53. The van der Waals surface area contributed by atoms with Gasteiger partial charge in [0.15, 0.2) is 5.82 Å². The van der Waals surface area contributed by atoms with Crippen molar-refractivity contribution >= 4 is 21.7 Å². The van der Waals surface area contributed by atoms with Crippen molar-refractivity contribution in [3.8, 4) is 0 Å². The van der Waals surface area contributed by atoms with Gasteiger partial charge in [-0.15, -0.1) is 0 Å². The molecule has 1 aliphatic heterocycles. The lowest BCUT2D eigenvalue weighted by molar-refractivity contribution is 0.248. The minimum atomic E-state index is 0.578. The number of nitrogens with one attached hydrogen (secondary N) is 1. The lowest BCUT2D eigenvalue weighted by Crippen LogP contribution is -2.31. The fraction of sp³-hybridized carbons (Fsp3) is 0.727. The van der Waals surface area contributed by atoms with Crippen molar-refractivity contribution in [1.29, 1.82) is 0 Å². The molecule has 2 heterocycles.